The van der Waals surface area contributed by atoms with Crippen LogP contribution >= 0.6 is 12.2 Å². The second kappa shape index (κ2) is 6.22. The van der Waals surface area contributed by atoms with E-state index in [1.165, 1.54) is 25.0 Å². The number of halogens is 4. The monoisotopic (exact) mass is 337 g/mol. The molecule has 0 radical (unpaired) electrons. The average Bonchev–Trinajstić information content (AvgIpc) is 3.35. The zero-order chi connectivity index (χ0) is 16.6. The van der Waals surface area contributed by atoms with Gasteiger partial charge in [0.25, 0.3) is 0 Å². The molecule has 1 saturated carbocycles. The zero-order valence-corrected chi connectivity index (χ0v) is 12.7. The standard InChI is InChI=1S/C17H11F4NS/c18-13-12(14(19)16(21)17(15(13)20)22-8-23)11-5-3-10(4-6-11)7-9-1-2-9/h3-6,9H,1-2,7H2. The summed E-state index contributed by atoms with van der Waals surface area (Å²) in [5, 5.41) is 1.71. The topological polar surface area (TPSA) is 12.4 Å². The first-order valence-corrected chi connectivity index (χ1v) is 7.47. The van der Waals surface area contributed by atoms with Gasteiger partial charge in [0.05, 0.1) is 10.7 Å². The minimum absolute atomic E-state index is 0.0650. The maximum Gasteiger partial charge on any atom is 0.189 e. The summed E-state index contributed by atoms with van der Waals surface area (Å²) in [5.74, 6) is -5.50. The predicted octanol–water partition coefficient (Wildman–Crippen LogP) is 5.60. The third-order valence-corrected chi connectivity index (χ3v) is 3.95. The minimum Gasteiger partial charge on any atom is -0.203 e. The van der Waals surface area contributed by atoms with Crippen LogP contribution in [0.15, 0.2) is 29.3 Å². The van der Waals surface area contributed by atoms with Crippen molar-refractivity contribution in [3.8, 4) is 11.1 Å². The van der Waals surface area contributed by atoms with Crippen molar-refractivity contribution >= 4 is 23.1 Å². The lowest BCUT2D eigenvalue weighted by atomic mass is 10.00. The summed E-state index contributed by atoms with van der Waals surface area (Å²) >= 11 is 4.22. The first-order chi connectivity index (χ1) is 11.0. The first-order valence-electron chi connectivity index (χ1n) is 7.06. The summed E-state index contributed by atoms with van der Waals surface area (Å²) in [6, 6.07) is 6.34. The molecule has 2 aromatic carbocycles. The SMILES string of the molecule is Fc1c(F)c(-c2ccc(CC3CC3)cc2)c(F)c(F)c1N=C=S. The molecule has 0 aliphatic heterocycles. The number of hydrogen-bond donors (Lipinski definition) is 0. The summed E-state index contributed by atoms with van der Waals surface area (Å²) < 4.78 is 56.0. The van der Waals surface area contributed by atoms with E-state index in [0.717, 1.165) is 12.0 Å². The van der Waals surface area contributed by atoms with Crippen LogP contribution in [-0.2, 0) is 6.42 Å². The Hall–Kier alpha value is -2.04. The van der Waals surface area contributed by atoms with Crippen molar-refractivity contribution in [3.63, 3.8) is 0 Å². The highest BCUT2D eigenvalue weighted by Crippen LogP contribution is 2.37. The summed E-state index contributed by atoms with van der Waals surface area (Å²) in [7, 11) is 0. The Morgan fingerprint density at radius 2 is 1.52 bits per heavy atom. The molecule has 0 bridgehead atoms. The molecule has 0 heterocycles. The molecule has 0 aromatic heterocycles. The molecular weight excluding hydrogens is 326 g/mol. The van der Waals surface area contributed by atoms with Gasteiger partial charge >= 0.3 is 0 Å². The first kappa shape index (κ1) is 15.8. The van der Waals surface area contributed by atoms with Crippen LogP contribution in [0.2, 0.25) is 0 Å². The van der Waals surface area contributed by atoms with Crippen LogP contribution in [0.1, 0.15) is 18.4 Å². The molecular formula is C17H11F4NS. The average molecular weight is 337 g/mol. The molecule has 0 saturated heterocycles. The van der Waals surface area contributed by atoms with Crippen LogP contribution in [0.25, 0.3) is 11.1 Å². The lowest BCUT2D eigenvalue weighted by Gasteiger charge is -2.10. The van der Waals surface area contributed by atoms with Gasteiger partial charge < -0.3 is 0 Å². The van der Waals surface area contributed by atoms with Crippen molar-refractivity contribution in [2.45, 2.75) is 19.3 Å². The van der Waals surface area contributed by atoms with Crippen LogP contribution in [0, 0.1) is 29.2 Å². The van der Waals surface area contributed by atoms with Gasteiger partial charge in [-0.05, 0) is 48.5 Å². The molecule has 23 heavy (non-hydrogen) atoms. The van der Waals surface area contributed by atoms with Crippen LogP contribution < -0.4 is 0 Å². The van der Waals surface area contributed by atoms with Crippen LogP contribution in [0.3, 0.4) is 0 Å². The van der Waals surface area contributed by atoms with E-state index in [9.17, 15) is 17.6 Å². The van der Waals surface area contributed by atoms with Crippen LogP contribution in [-0.4, -0.2) is 5.16 Å². The molecule has 2 aromatic rings. The van der Waals surface area contributed by atoms with Gasteiger partial charge in [-0.2, -0.15) is 4.99 Å². The third kappa shape index (κ3) is 3.05. The molecule has 0 unspecified atom stereocenters. The minimum atomic E-state index is -1.58. The van der Waals surface area contributed by atoms with Crippen molar-refractivity contribution in [1.82, 2.24) is 0 Å². The van der Waals surface area contributed by atoms with Crippen molar-refractivity contribution in [2.75, 3.05) is 0 Å². The second-order valence-electron chi connectivity index (χ2n) is 5.53. The Morgan fingerprint density at radius 3 is 2.00 bits per heavy atom. The molecule has 1 nitrogen and oxygen atoms in total. The van der Waals surface area contributed by atoms with Gasteiger partial charge in [-0.15, -0.1) is 0 Å². The Bertz CT molecular complexity index is 777. The van der Waals surface area contributed by atoms with Crippen molar-refractivity contribution in [2.24, 2.45) is 10.9 Å². The van der Waals surface area contributed by atoms with Gasteiger partial charge in [0.15, 0.2) is 29.0 Å². The predicted molar refractivity (Wildman–Crippen MR) is 82.8 cm³/mol. The van der Waals surface area contributed by atoms with E-state index >= 15 is 0 Å². The van der Waals surface area contributed by atoms with Crippen molar-refractivity contribution in [1.29, 1.82) is 0 Å². The fraction of sp³-hybridized carbons (Fsp3) is 0.235. The molecule has 118 valence electrons. The Balaban J connectivity index is 2.06. The molecule has 0 atom stereocenters. The lowest BCUT2D eigenvalue weighted by Crippen LogP contribution is -2.00. The zero-order valence-electron chi connectivity index (χ0n) is 11.9. The van der Waals surface area contributed by atoms with E-state index in [1.54, 1.807) is 17.3 Å². The smallest absolute Gasteiger partial charge is 0.189 e. The Morgan fingerprint density at radius 1 is 0.957 bits per heavy atom. The number of aliphatic imine (C=N–C) groups is 1. The number of benzene rings is 2. The molecule has 0 spiro atoms. The highest BCUT2D eigenvalue weighted by Gasteiger charge is 2.26. The van der Waals surface area contributed by atoms with Gasteiger partial charge in [0.2, 0.25) is 0 Å². The fourth-order valence-corrected chi connectivity index (χ4v) is 2.57. The molecule has 1 aliphatic carbocycles. The Labute approximate surface area is 135 Å². The largest absolute Gasteiger partial charge is 0.203 e. The quantitative estimate of drug-likeness (QED) is 0.306. The van der Waals surface area contributed by atoms with Crippen molar-refractivity contribution in [3.05, 3.63) is 53.1 Å². The number of isothiocyanates is 1. The van der Waals surface area contributed by atoms with E-state index in [-0.39, 0.29) is 5.56 Å². The maximum atomic E-state index is 14.1. The van der Waals surface area contributed by atoms with E-state index in [1.807, 2.05) is 0 Å². The molecule has 1 aliphatic rings. The van der Waals surface area contributed by atoms with E-state index in [2.05, 4.69) is 17.2 Å². The molecule has 3 rings (SSSR count). The molecule has 0 amide bonds. The van der Waals surface area contributed by atoms with Gasteiger partial charge in [-0.1, -0.05) is 24.3 Å². The van der Waals surface area contributed by atoms with Crippen LogP contribution in [0.5, 0.6) is 0 Å². The van der Waals surface area contributed by atoms with Gasteiger partial charge in [-0.3, -0.25) is 0 Å². The highest BCUT2D eigenvalue weighted by molar-refractivity contribution is 7.78. The summed E-state index contributed by atoms with van der Waals surface area (Å²) in [5.41, 5.74) is -0.763. The van der Waals surface area contributed by atoms with Crippen molar-refractivity contribution < 1.29 is 17.6 Å². The van der Waals surface area contributed by atoms with Gasteiger partial charge in [0.1, 0.15) is 0 Å². The third-order valence-electron chi connectivity index (χ3n) is 3.86. The summed E-state index contributed by atoms with van der Waals surface area (Å²) in [4.78, 5) is 3.05. The van der Waals surface area contributed by atoms with E-state index < -0.39 is 34.5 Å². The van der Waals surface area contributed by atoms with E-state index in [0.29, 0.717) is 5.92 Å². The Kier molecular flexibility index (Phi) is 4.28. The highest BCUT2D eigenvalue weighted by atomic mass is 32.1. The fourth-order valence-electron chi connectivity index (χ4n) is 2.48. The normalized spacial score (nSPS) is 13.7. The number of rotatable bonds is 4. The molecule has 1 fully saturated rings. The summed E-state index contributed by atoms with van der Waals surface area (Å²) in [6.07, 6.45) is 3.27. The second-order valence-corrected chi connectivity index (χ2v) is 5.71. The van der Waals surface area contributed by atoms with E-state index in [4.69, 9.17) is 0 Å². The van der Waals surface area contributed by atoms with Gasteiger partial charge in [-0.25, -0.2) is 17.6 Å². The number of thiocarbonyl (C=S) groups is 1. The maximum absolute atomic E-state index is 14.1. The number of nitrogens with zero attached hydrogens (tertiary/aromatic N) is 1. The lowest BCUT2D eigenvalue weighted by molar-refractivity contribution is 0.462. The summed E-state index contributed by atoms with van der Waals surface area (Å²) in [6.45, 7) is 0. The molecule has 6 heteroatoms. The molecule has 0 N–H and O–H groups in total. The van der Waals surface area contributed by atoms with Crippen LogP contribution in [0.4, 0.5) is 23.2 Å². The van der Waals surface area contributed by atoms with Gasteiger partial charge in [0, 0.05) is 0 Å². The number of hydrogen-bond acceptors (Lipinski definition) is 2.